The number of ether oxygens (including phenoxy) is 2. The molecule has 0 aliphatic rings. The first-order valence-corrected chi connectivity index (χ1v) is 9.04. The van der Waals surface area contributed by atoms with Crippen molar-refractivity contribution in [3.8, 4) is 11.5 Å². The monoisotopic (exact) mass is 361 g/mol. The quantitative estimate of drug-likeness (QED) is 0.610. The van der Waals surface area contributed by atoms with Crippen LogP contribution in [0.2, 0.25) is 0 Å². The second-order valence-electron chi connectivity index (χ2n) is 6.09. The van der Waals surface area contributed by atoms with Gasteiger partial charge < -0.3 is 14.8 Å². The Morgan fingerprint density at radius 3 is 2.22 bits per heavy atom. The van der Waals surface area contributed by atoms with Gasteiger partial charge >= 0.3 is 0 Å². The van der Waals surface area contributed by atoms with Crippen LogP contribution in [-0.2, 0) is 11.4 Å². The topological polar surface area (TPSA) is 47.6 Å². The number of rotatable bonds is 8. The predicted octanol–water partition coefficient (Wildman–Crippen LogP) is 5.06. The van der Waals surface area contributed by atoms with Crippen molar-refractivity contribution < 1.29 is 14.3 Å². The largest absolute Gasteiger partial charge is 0.487 e. The maximum atomic E-state index is 12.7. The second kappa shape index (κ2) is 9.43. The highest BCUT2D eigenvalue weighted by Gasteiger charge is 2.19. The minimum Gasteiger partial charge on any atom is -0.487 e. The number of benzene rings is 3. The molecule has 0 heterocycles. The molecular formula is C23H23NO3. The number of carbonyl (C=O) groups is 1. The number of hydrogen-bond donors (Lipinski definition) is 1. The molecule has 0 aliphatic carbocycles. The molecule has 0 spiro atoms. The van der Waals surface area contributed by atoms with Crippen LogP contribution in [0, 0.1) is 0 Å². The zero-order valence-corrected chi connectivity index (χ0v) is 15.3. The Hall–Kier alpha value is -3.27. The number of nitrogens with one attached hydrogen (secondary N) is 1. The fourth-order valence-corrected chi connectivity index (χ4v) is 2.63. The molecule has 3 aromatic carbocycles. The highest BCUT2D eigenvalue weighted by molar-refractivity contribution is 5.95. The summed E-state index contributed by atoms with van der Waals surface area (Å²) in [5.74, 6) is 1.11. The third-order valence-electron chi connectivity index (χ3n) is 4.07. The van der Waals surface area contributed by atoms with Crippen LogP contribution in [0.25, 0.3) is 0 Å². The van der Waals surface area contributed by atoms with Crippen molar-refractivity contribution in [3.05, 3.63) is 90.5 Å². The van der Waals surface area contributed by atoms with Crippen molar-refractivity contribution in [3.63, 3.8) is 0 Å². The van der Waals surface area contributed by atoms with E-state index in [0.717, 1.165) is 5.56 Å². The zero-order valence-electron chi connectivity index (χ0n) is 15.3. The van der Waals surface area contributed by atoms with E-state index in [1.54, 1.807) is 0 Å². The Labute approximate surface area is 159 Å². The van der Waals surface area contributed by atoms with Crippen LogP contribution in [0.15, 0.2) is 84.9 Å². The first kappa shape index (κ1) is 18.5. The third kappa shape index (κ3) is 5.35. The van der Waals surface area contributed by atoms with Gasteiger partial charge in [-0.1, -0.05) is 67.6 Å². The predicted molar refractivity (Wildman–Crippen MR) is 107 cm³/mol. The third-order valence-corrected chi connectivity index (χ3v) is 4.07. The lowest BCUT2D eigenvalue weighted by atomic mass is 10.2. The van der Waals surface area contributed by atoms with Gasteiger partial charge in [-0.15, -0.1) is 0 Å². The summed E-state index contributed by atoms with van der Waals surface area (Å²) >= 11 is 0. The van der Waals surface area contributed by atoms with Gasteiger partial charge in [-0.2, -0.15) is 0 Å². The van der Waals surface area contributed by atoms with E-state index in [9.17, 15) is 4.79 Å². The fraction of sp³-hybridized carbons (Fsp3) is 0.174. The Morgan fingerprint density at radius 1 is 0.889 bits per heavy atom. The molecule has 4 nitrogen and oxygen atoms in total. The van der Waals surface area contributed by atoms with E-state index in [-0.39, 0.29) is 5.91 Å². The first-order chi connectivity index (χ1) is 13.3. The summed E-state index contributed by atoms with van der Waals surface area (Å²) in [6.45, 7) is 2.36. The van der Waals surface area contributed by atoms with E-state index in [2.05, 4.69) is 5.32 Å². The molecule has 3 rings (SSSR count). The molecule has 3 aromatic rings. The van der Waals surface area contributed by atoms with Gasteiger partial charge in [0.1, 0.15) is 18.1 Å². The van der Waals surface area contributed by atoms with Crippen LogP contribution in [0.4, 0.5) is 5.69 Å². The van der Waals surface area contributed by atoms with Crippen molar-refractivity contribution in [2.24, 2.45) is 0 Å². The molecular weight excluding hydrogens is 338 g/mol. The number of carbonyl (C=O) groups excluding carboxylic acids is 1. The van der Waals surface area contributed by atoms with Crippen LogP contribution < -0.4 is 14.8 Å². The van der Waals surface area contributed by atoms with Gasteiger partial charge in [-0.3, -0.25) is 4.79 Å². The molecule has 0 aromatic heterocycles. The average Bonchev–Trinajstić information content (AvgIpc) is 2.73. The Balaban J connectivity index is 1.66. The molecule has 0 radical (unpaired) electrons. The first-order valence-electron chi connectivity index (χ1n) is 9.04. The maximum absolute atomic E-state index is 12.7. The van der Waals surface area contributed by atoms with Crippen LogP contribution in [-0.4, -0.2) is 12.0 Å². The van der Waals surface area contributed by atoms with Crippen molar-refractivity contribution in [1.82, 2.24) is 0 Å². The molecule has 0 saturated carbocycles. The normalized spacial score (nSPS) is 11.4. The van der Waals surface area contributed by atoms with E-state index in [4.69, 9.17) is 9.47 Å². The lowest BCUT2D eigenvalue weighted by molar-refractivity contribution is -0.122. The van der Waals surface area contributed by atoms with E-state index in [0.29, 0.717) is 30.2 Å². The van der Waals surface area contributed by atoms with E-state index >= 15 is 0 Å². The number of para-hydroxylation sites is 3. The molecule has 1 N–H and O–H groups in total. The van der Waals surface area contributed by atoms with Gasteiger partial charge in [-0.25, -0.2) is 0 Å². The second-order valence-corrected chi connectivity index (χ2v) is 6.09. The Morgan fingerprint density at radius 2 is 1.52 bits per heavy atom. The van der Waals surface area contributed by atoms with E-state index in [1.165, 1.54) is 0 Å². The highest BCUT2D eigenvalue weighted by Crippen LogP contribution is 2.25. The molecule has 1 atom stereocenters. The molecule has 1 unspecified atom stereocenters. The Bertz CT molecular complexity index is 850. The molecule has 0 fully saturated rings. The van der Waals surface area contributed by atoms with E-state index < -0.39 is 6.10 Å². The van der Waals surface area contributed by atoms with Gasteiger partial charge in [0, 0.05) is 0 Å². The minimum absolute atomic E-state index is 0.197. The van der Waals surface area contributed by atoms with Crippen molar-refractivity contribution in [2.45, 2.75) is 26.1 Å². The SMILES string of the molecule is CCC(Oc1ccccc1)C(=O)Nc1ccccc1OCc1ccccc1. The molecule has 0 aliphatic heterocycles. The smallest absolute Gasteiger partial charge is 0.265 e. The van der Waals surface area contributed by atoms with Crippen LogP contribution in [0.5, 0.6) is 11.5 Å². The molecule has 138 valence electrons. The van der Waals surface area contributed by atoms with Crippen LogP contribution in [0.1, 0.15) is 18.9 Å². The van der Waals surface area contributed by atoms with E-state index in [1.807, 2.05) is 91.9 Å². The van der Waals surface area contributed by atoms with Crippen LogP contribution in [0.3, 0.4) is 0 Å². The molecule has 0 bridgehead atoms. The summed E-state index contributed by atoms with van der Waals surface area (Å²) < 4.78 is 11.7. The molecule has 1 amide bonds. The lowest BCUT2D eigenvalue weighted by Gasteiger charge is -2.18. The minimum atomic E-state index is -0.574. The summed E-state index contributed by atoms with van der Waals surface area (Å²) in [4.78, 5) is 12.7. The van der Waals surface area contributed by atoms with Crippen molar-refractivity contribution in [1.29, 1.82) is 0 Å². The highest BCUT2D eigenvalue weighted by atomic mass is 16.5. The lowest BCUT2D eigenvalue weighted by Crippen LogP contribution is -2.32. The maximum Gasteiger partial charge on any atom is 0.265 e. The zero-order chi connectivity index (χ0) is 18.9. The summed E-state index contributed by atoms with van der Waals surface area (Å²) in [5, 5.41) is 2.93. The van der Waals surface area contributed by atoms with Gasteiger partial charge in [0.05, 0.1) is 5.69 Å². The van der Waals surface area contributed by atoms with Crippen molar-refractivity contribution in [2.75, 3.05) is 5.32 Å². The van der Waals surface area contributed by atoms with Gasteiger partial charge in [0.25, 0.3) is 5.91 Å². The number of hydrogen-bond acceptors (Lipinski definition) is 3. The molecule has 27 heavy (non-hydrogen) atoms. The molecule has 0 saturated heterocycles. The van der Waals surface area contributed by atoms with Crippen molar-refractivity contribution >= 4 is 11.6 Å². The fourth-order valence-electron chi connectivity index (χ4n) is 2.63. The standard InChI is InChI=1S/C23H23NO3/c1-2-21(27-19-13-7-4-8-14-19)23(25)24-20-15-9-10-16-22(20)26-17-18-11-5-3-6-12-18/h3-16,21H,2,17H2,1H3,(H,24,25). The van der Waals surface area contributed by atoms with Gasteiger partial charge in [0.2, 0.25) is 0 Å². The van der Waals surface area contributed by atoms with Crippen LogP contribution >= 0.6 is 0 Å². The van der Waals surface area contributed by atoms with Gasteiger partial charge in [0.15, 0.2) is 6.10 Å². The molecule has 4 heteroatoms. The van der Waals surface area contributed by atoms with Gasteiger partial charge in [-0.05, 0) is 36.2 Å². The Kier molecular flexibility index (Phi) is 6.47. The summed E-state index contributed by atoms with van der Waals surface area (Å²) in [6, 6.07) is 26.7. The summed E-state index contributed by atoms with van der Waals surface area (Å²) in [7, 11) is 0. The summed E-state index contributed by atoms with van der Waals surface area (Å²) in [5.41, 5.74) is 1.70. The average molecular weight is 361 g/mol. The number of amides is 1. The number of anilines is 1. The summed E-state index contributed by atoms with van der Waals surface area (Å²) in [6.07, 6.45) is -0.0112.